The van der Waals surface area contributed by atoms with Crippen LogP contribution >= 0.6 is 0 Å². The molecule has 0 atom stereocenters. The number of hydrogen-bond donors (Lipinski definition) is 2. The molecular formula is C18H17N3O2. The molecule has 0 aliphatic carbocycles. The van der Waals surface area contributed by atoms with E-state index in [1.165, 1.54) is 5.56 Å². The number of aryl methyl sites for hydroxylation is 1. The lowest BCUT2D eigenvalue weighted by atomic mass is 9.95. The summed E-state index contributed by atoms with van der Waals surface area (Å²) in [6.07, 6.45) is 1.94. The molecule has 3 aromatic rings. The van der Waals surface area contributed by atoms with E-state index < -0.39 is 0 Å². The first kappa shape index (κ1) is 13.8. The minimum atomic E-state index is -0.201. The number of hydrogen-bond acceptors (Lipinski definition) is 2. The van der Waals surface area contributed by atoms with Gasteiger partial charge in [-0.2, -0.15) is 0 Å². The van der Waals surface area contributed by atoms with Gasteiger partial charge in [0.2, 0.25) is 5.91 Å². The molecule has 0 spiro atoms. The number of anilines is 1. The minimum Gasteiger partial charge on any atom is -0.312 e. The van der Waals surface area contributed by atoms with Crippen molar-refractivity contribution in [1.82, 2.24) is 9.97 Å². The first-order valence-electron chi connectivity index (χ1n) is 7.76. The minimum absolute atomic E-state index is 0.0794. The number of aromatic amines is 2. The van der Waals surface area contributed by atoms with Crippen molar-refractivity contribution in [3.63, 3.8) is 0 Å². The summed E-state index contributed by atoms with van der Waals surface area (Å²) in [6.45, 7) is 2.39. The summed E-state index contributed by atoms with van der Waals surface area (Å²) in [5.41, 5.74) is 5.64. The molecule has 1 aromatic heterocycles. The molecule has 0 radical (unpaired) electrons. The first-order valence-corrected chi connectivity index (χ1v) is 7.76. The van der Waals surface area contributed by atoms with E-state index in [2.05, 4.69) is 16.0 Å². The zero-order valence-electron chi connectivity index (χ0n) is 12.8. The van der Waals surface area contributed by atoms with Crippen LogP contribution in [0.5, 0.6) is 0 Å². The molecule has 2 aromatic carbocycles. The molecule has 5 heteroatoms. The number of amides is 1. The van der Waals surface area contributed by atoms with Crippen LogP contribution in [0.1, 0.15) is 18.9 Å². The summed E-state index contributed by atoms with van der Waals surface area (Å²) in [5.74, 6) is 0.0794. The summed E-state index contributed by atoms with van der Waals surface area (Å²) in [5, 5.41) is 0. The Morgan fingerprint density at radius 1 is 1.17 bits per heavy atom. The summed E-state index contributed by atoms with van der Waals surface area (Å²) in [7, 11) is 0. The third-order valence-electron chi connectivity index (χ3n) is 4.44. The van der Waals surface area contributed by atoms with Crippen molar-refractivity contribution in [3.05, 3.63) is 52.4 Å². The highest BCUT2D eigenvalue weighted by molar-refractivity contribution is 5.95. The van der Waals surface area contributed by atoms with E-state index in [1.807, 2.05) is 35.2 Å². The van der Waals surface area contributed by atoms with E-state index in [4.69, 9.17) is 0 Å². The van der Waals surface area contributed by atoms with Crippen molar-refractivity contribution >= 4 is 22.6 Å². The monoisotopic (exact) mass is 307 g/mol. The van der Waals surface area contributed by atoms with Crippen LogP contribution in [0.3, 0.4) is 0 Å². The predicted molar refractivity (Wildman–Crippen MR) is 90.7 cm³/mol. The summed E-state index contributed by atoms with van der Waals surface area (Å²) >= 11 is 0. The number of para-hydroxylation sites is 1. The summed E-state index contributed by atoms with van der Waals surface area (Å²) in [4.78, 5) is 30.8. The van der Waals surface area contributed by atoms with Gasteiger partial charge < -0.3 is 14.9 Å². The lowest BCUT2D eigenvalue weighted by Crippen LogP contribution is -2.33. The third kappa shape index (κ3) is 2.25. The molecule has 5 nitrogen and oxygen atoms in total. The molecule has 23 heavy (non-hydrogen) atoms. The number of H-pyrrole nitrogens is 2. The average molecular weight is 307 g/mol. The average Bonchev–Trinajstić information content (AvgIpc) is 2.93. The van der Waals surface area contributed by atoms with Crippen LogP contribution in [-0.2, 0) is 11.2 Å². The van der Waals surface area contributed by atoms with E-state index >= 15 is 0 Å². The van der Waals surface area contributed by atoms with Gasteiger partial charge in [0.25, 0.3) is 0 Å². The molecule has 2 N–H and O–H groups in total. The van der Waals surface area contributed by atoms with Crippen molar-refractivity contribution in [2.24, 2.45) is 0 Å². The smallest absolute Gasteiger partial charge is 0.312 e. The highest BCUT2D eigenvalue weighted by Gasteiger charge is 2.20. The fourth-order valence-corrected chi connectivity index (χ4v) is 3.39. The van der Waals surface area contributed by atoms with Crippen molar-refractivity contribution in [2.45, 2.75) is 19.8 Å². The molecule has 0 bridgehead atoms. The number of carbonyl (C=O) groups excluding carboxylic acids is 1. The van der Waals surface area contributed by atoms with Crippen molar-refractivity contribution in [2.75, 3.05) is 11.4 Å². The van der Waals surface area contributed by atoms with Crippen LogP contribution in [0.25, 0.3) is 22.2 Å². The Morgan fingerprint density at radius 3 is 2.87 bits per heavy atom. The van der Waals surface area contributed by atoms with Crippen molar-refractivity contribution < 1.29 is 4.79 Å². The summed E-state index contributed by atoms with van der Waals surface area (Å²) < 4.78 is 0. The predicted octanol–water partition coefficient (Wildman–Crippen LogP) is 2.82. The Bertz CT molecular complexity index is 968. The van der Waals surface area contributed by atoms with Gasteiger partial charge >= 0.3 is 5.69 Å². The Kier molecular flexibility index (Phi) is 3.08. The number of nitrogens with zero attached hydrogens (tertiary/aromatic N) is 1. The quantitative estimate of drug-likeness (QED) is 0.726. The largest absolute Gasteiger partial charge is 0.323 e. The second-order valence-corrected chi connectivity index (χ2v) is 5.92. The van der Waals surface area contributed by atoms with Gasteiger partial charge in [0.1, 0.15) is 0 Å². The van der Waals surface area contributed by atoms with E-state index in [9.17, 15) is 9.59 Å². The lowest BCUT2D eigenvalue weighted by molar-refractivity contribution is -0.116. The third-order valence-corrected chi connectivity index (χ3v) is 4.44. The van der Waals surface area contributed by atoms with E-state index in [1.54, 1.807) is 6.92 Å². The number of fused-ring (bicyclic) bond motifs is 2. The molecule has 2 heterocycles. The highest BCUT2D eigenvalue weighted by Crippen LogP contribution is 2.33. The number of carbonyl (C=O) groups is 1. The molecule has 116 valence electrons. The van der Waals surface area contributed by atoms with Gasteiger partial charge in [0, 0.05) is 24.7 Å². The maximum Gasteiger partial charge on any atom is 0.323 e. The van der Waals surface area contributed by atoms with Gasteiger partial charge in [-0.25, -0.2) is 4.79 Å². The van der Waals surface area contributed by atoms with E-state index in [0.29, 0.717) is 0 Å². The maximum atomic E-state index is 11.8. The maximum absolute atomic E-state index is 11.8. The molecule has 1 aliphatic heterocycles. The topological polar surface area (TPSA) is 69.0 Å². The van der Waals surface area contributed by atoms with Crippen LogP contribution in [0.2, 0.25) is 0 Å². The number of benzene rings is 2. The second kappa shape index (κ2) is 5.12. The highest BCUT2D eigenvalue weighted by atomic mass is 16.2. The van der Waals surface area contributed by atoms with Crippen LogP contribution in [0.15, 0.2) is 41.2 Å². The van der Waals surface area contributed by atoms with Gasteiger partial charge in [0.05, 0.1) is 11.0 Å². The second-order valence-electron chi connectivity index (χ2n) is 5.92. The molecule has 0 saturated heterocycles. The number of aromatic nitrogens is 2. The Balaban J connectivity index is 1.87. The summed E-state index contributed by atoms with van der Waals surface area (Å²) in [6, 6.07) is 12.0. The van der Waals surface area contributed by atoms with E-state index in [-0.39, 0.29) is 11.6 Å². The number of rotatable bonds is 1. The Morgan fingerprint density at radius 2 is 2.04 bits per heavy atom. The van der Waals surface area contributed by atoms with Gasteiger partial charge in [-0.1, -0.05) is 18.2 Å². The van der Waals surface area contributed by atoms with Gasteiger partial charge in [-0.3, -0.25) is 4.79 Å². The molecule has 1 amide bonds. The lowest BCUT2D eigenvalue weighted by Gasteiger charge is -2.29. The van der Waals surface area contributed by atoms with Crippen LogP contribution in [0.4, 0.5) is 5.69 Å². The van der Waals surface area contributed by atoms with Crippen molar-refractivity contribution in [3.8, 4) is 11.1 Å². The molecule has 0 fully saturated rings. The van der Waals surface area contributed by atoms with E-state index in [0.717, 1.165) is 47.2 Å². The zero-order chi connectivity index (χ0) is 16.0. The molecule has 0 saturated carbocycles. The van der Waals surface area contributed by atoms with Crippen LogP contribution in [-0.4, -0.2) is 22.4 Å². The number of imidazole rings is 1. The van der Waals surface area contributed by atoms with Gasteiger partial charge in [0.15, 0.2) is 0 Å². The Labute approximate surface area is 133 Å². The molecule has 0 unspecified atom stereocenters. The first-order chi connectivity index (χ1) is 11.1. The molecule has 1 aliphatic rings. The standard InChI is InChI=1S/C18H17N3O2/c1-11(22)21-9-3-4-13-10-12(7-8-16(13)21)14-5-2-6-15-17(14)20-18(23)19-15/h2,5-8,10H,3-4,9H2,1H3,(H2,19,20,23). The zero-order valence-corrected chi connectivity index (χ0v) is 12.8. The molecular weight excluding hydrogens is 290 g/mol. The number of nitrogens with one attached hydrogen (secondary N) is 2. The Hall–Kier alpha value is -2.82. The molecule has 4 rings (SSSR count). The fourth-order valence-electron chi connectivity index (χ4n) is 3.39. The van der Waals surface area contributed by atoms with Crippen LogP contribution < -0.4 is 10.6 Å². The van der Waals surface area contributed by atoms with Gasteiger partial charge in [-0.15, -0.1) is 0 Å². The van der Waals surface area contributed by atoms with Crippen LogP contribution in [0, 0.1) is 0 Å². The normalized spacial score (nSPS) is 14.0. The van der Waals surface area contributed by atoms with Crippen molar-refractivity contribution in [1.29, 1.82) is 0 Å². The SMILES string of the molecule is CC(=O)N1CCCc2cc(-c3cccc4[nH]c(=O)[nH]c34)ccc21. The fraction of sp³-hybridized carbons (Fsp3) is 0.222. The van der Waals surface area contributed by atoms with Gasteiger partial charge in [-0.05, 0) is 42.2 Å².